The van der Waals surface area contributed by atoms with E-state index in [-0.39, 0.29) is 6.42 Å². The van der Waals surface area contributed by atoms with E-state index in [0.29, 0.717) is 12.1 Å². The number of halogens is 1. The first-order chi connectivity index (χ1) is 14.4. The van der Waals surface area contributed by atoms with Crippen LogP contribution in [-0.4, -0.2) is 46.1 Å². The summed E-state index contributed by atoms with van der Waals surface area (Å²) in [7, 11) is 0. The number of carboxylic acid groups (broad SMARTS) is 1. The number of aromatic nitrogens is 1. The van der Waals surface area contributed by atoms with Crippen LogP contribution in [0.25, 0.3) is 10.2 Å². The van der Waals surface area contributed by atoms with E-state index in [9.17, 15) is 4.79 Å². The van der Waals surface area contributed by atoms with Crippen molar-refractivity contribution in [3.63, 3.8) is 0 Å². The summed E-state index contributed by atoms with van der Waals surface area (Å²) in [6, 6.07) is 13.1. The highest BCUT2D eigenvalue weighted by atomic mass is 35.5. The van der Waals surface area contributed by atoms with Gasteiger partial charge >= 0.3 is 5.97 Å². The Bertz CT molecular complexity index is 1100. The maximum Gasteiger partial charge on any atom is 0.307 e. The number of thiazole rings is 1. The van der Waals surface area contributed by atoms with Gasteiger partial charge in [-0.1, -0.05) is 46.7 Å². The van der Waals surface area contributed by atoms with Crippen LogP contribution in [0.1, 0.15) is 29.5 Å². The fourth-order valence-electron chi connectivity index (χ4n) is 4.95. The number of aliphatic carboxylic acids is 1. The smallest absolute Gasteiger partial charge is 0.307 e. The van der Waals surface area contributed by atoms with E-state index in [1.807, 2.05) is 31.2 Å². The molecule has 3 aromatic rings. The minimum Gasteiger partial charge on any atom is -0.481 e. The van der Waals surface area contributed by atoms with Crippen LogP contribution in [0.15, 0.2) is 36.4 Å². The Morgan fingerprint density at radius 1 is 1.17 bits per heavy atom. The van der Waals surface area contributed by atoms with Gasteiger partial charge in [0.15, 0.2) is 5.13 Å². The summed E-state index contributed by atoms with van der Waals surface area (Å²) >= 11 is 7.86. The summed E-state index contributed by atoms with van der Waals surface area (Å²) in [4.78, 5) is 21.0. The van der Waals surface area contributed by atoms with Crippen LogP contribution in [-0.2, 0) is 17.8 Å². The number of hydrogen-bond acceptors (Lipinski definition) is 5. The summed E-state index contributed by atoms with van der Waals surface area (Å²) < 4.78 is 1.14. The maximum absolute atomic E-state index is 11.1. The molecule has 1 N–H and O–H groups in total. The molecule has 0 amide bonds. The lowest BCUT2D eigenvalue weighted by atomic mass is 10.0. The number of aryl methyl sites for hydroxylation is 1. The second-order valence-electron chi connectivity index (χ2n) is 8.47. The molecule has 2 aromatic carbocycles. The van der Waals surface area contributed by atoms with E-state index in [4.69, 9.17) is 21.7 Å². The predicted octanol–water partition coefficient (Wildman–Crippen LogP) is 4.74. The molecule has 2 aliphatic heterocycles. The van der Waals surface area contributed by atoms with Gasteiger partial charge in [-0.05, 0) is 49.1 Å². The van der Waals surface area contributed by atoms with Gasteiger partial charge in [0.2, 0.25) is 0 Å². The van der Waals surface area contributed by atoms with E-state index in [2.05, 4.69) is 21.9 Å². The van der Waals surface area contributed by atoms with Crippen molar-refractivity contribution in [2.75, 3.05) is 18.0 Å². The van der Waals surface area contributed by atoms with Gasteiger partial charge in [0.25, 0.3) is 0 Å². The lowest BCUT2D eigenvalue weighted by molar-refractivity contribution is -0.136. The molecule has 5 rings (SSSR count). The third-order valence-electron chi connectivity index (χ3n) is 6.16. The Morgan fingerprint density at radius 2 is 1.90 bits per heavy atom. The summed E-state index contributed by atoms with van der Waals surface area (Å²) in [6.45, 7) is 4.89. The molecule has 3 heterocycles. The Kier molecular flexibility index (Phi) is 5.17. The first kappa shape index (κ1) is 19.8. The number of benzene rings is 2. The van der Waals surface area contributed by atoms with E-state index in [1.165, 1.54) is 18.4 Å². The maximum atomic E-state index is 11.1. The van der Waals surface area contributed by atoms with Gasteiger partial charge in [0, 0.05) is 36.7 Å². The molecule has 2 saturated heterocycles. The van der Waals surface area contributed by atoms with Crippen molar-refractivity contribution in [2.24, 2.45) is 0 Å². The van der Waals surface area contributed by atoms with Gasteiger partial charge in [-0.3, -0.25) is 9.69 Å². The van der Waals surface area contributed by atoms with Crippen molar-refractivity contribution in [1.82, 2.24) is 9.88 Å². The molecule has 0 spiro atoms. The normalized spacial score (nSPS) is 21.5. The van der Waals surface area contributed by atoms with E-state index in [0.717, 1.165) is 51.1 Å². The highest BCUT2D eigenvalue weighted by Gasteiger charge is 2.40. The van der Waals surface area contributed by atoms with E-state index < -0.39 is 5.97 Å². The summed E-state index contributed by atoms with van der Waals surface area (Å²) in [5.74, 6) is -0.780. The summed E-state index contributed by atoms with van der Waals surface area (Å²) in [6.07, 6.45) is 2.48. The van der Waals surface area contributed by atoms with Gasteiger partial charge in [-0.15, -0.1) is 0 Å². The topological polar surface area (TPSA) is 56.7 Å². The van der Waals surface area contributed by atoms with Crippen molar-refractivity contribution < 1.29 is 9.90 Å². The van der Waals surface area contributed by atoms with Crippen LogP contribution < -0.4 is 4.90 Å². The van der Waals surface area contributed by atoms with E-state index >= 15 is 0 Å². The Balaban J connectivity index is 1.33. The van der Waals surface area contributed by atoms with Crippen LogP contribution in [0.4, 0.5) is 5.13 Å². The largest absolute Gasteiger partial charge is 0.481 e. The van der Waals surface area contributed by atoms with E-state index in [1.54, 1.807) is 11.3 Å². The third kappa shape index (κ3) is 3.92. The molecule has 2 atom stereocenters. The molecule has 0 radical (unpaired) electrons. The Hall–Kier alpha value is -2.15. The Morgan fingerprint density at radius 3 is 2.63 bits per heavy atom. The molecule has 5 nitrogen and oxygen atoms in total. The van der Waals surface area contributed by atoms with Crippen LogP contribution >= 0.6 is 22.9 Å². The molecule has 2 aliphatic rings. The number of hydrogen-bond donors (Lipinski definition) is 1. The minimum absolute atomic E-state index is 0.0803. The average Bonchev–Trinajstić information content (AvgIpc) is 3.17. The van der Waals surface area contributed by atoms with Gasteiger partial charge in [0.05, 0.1) is 16.6 Å². The van der Waals surface area contributed by atoms with Crippen LogP contribution in [0, 0.1) is 6.92 Å². The molecular formula is C23H24ClN3O2S. The average molecular weight is 442 g/mol. The van der Waals surface area contributed by atoms with Crippen molar-refractivity contribution in [3.8, 4) is 0 Å². The standard InChI is InChI=1S/C23H24ClN3O2S/c1-14-6-15(9-22(28)29)8-16(7-14)11-27-18-3-4-19(27)13-26(12-18)23-25-20-5-2-17(24)10-21(20)30-23/h2,5-8,10,18-19H,3-4,9,11-13H2,1H3,(H,28,29). The second-order valence-corrected chi connectivity index (χ2v) is 9.91. The molecular weight excluding hydrogens is 418 g/mol. The number of carboxylic acids is 1. The minimum atomic E-state index is -0.780. The summed E-state index contributed by atoms with van der Waals surface area (Å²) in [5.41, 5.74) is 4.24. The zero-order valence-corrected chi connectivity index (χ0v) is 18.4. The molecule has 30 heavy (non-hydrogen) atoms. The first-order valence-corrected chi connectivity index (χ1v) is 11.5. The highest BCUT2D eigenvalue weighted by Crippen LogP contribution is 2.37. The van der Waals surface area contributed by atoms with Crippen molar-refractivity contribution in [1.29, 1.82) is 0 Å². The quantitative estimate of drug-likeness (QED) is 0.619. The van der Waals surface area contributed by atoms with Gasteiger partial charge < -0.3 is 10.0 Å². The molecule has 2 unspecified atom stereocenters. The predicted molar refractivity (Wildman–Crippen MR) is 122 cm³/mol. The lowest BCUT2D eigenvalue weighted by Crippen LogP contribution is -2.53. The van der Waals surface area contributed by atoms with Crippen LogP contribution in [0.3, 0.4) is 0 Å². The molecule has 2 fully saturated rings. The molecule has 0 aliphatic carbocycles. The van der Waals surface area contributed by atoms with Gasteiger partial charge in [-0.2, -0.15) is 0 Å². The third-order valence-corrected chi connectivity index (χ3v) is 7.47. The van der Waals surface area contributed by atoms with Gasteiger partial charge in [-0.25, -0.2) is 4.98 Å². The van der Waals surface area contributed by atoms with Crippen LogP contribution in [0.5, 0.6) is 0 Å². The fourth-order valence-corrected chi connectivity index (χ4v) is 6.21. The number of carbonyl (C=O) groups is 1. The molecule has 1 aromatic heterocycles. The second kappa shape index (κ2) is 7.84. The van der Waals surface area contributed by atoms with Gasteiger partial charge in [0.1, 0.15) is 0 Å². The zero-order valence-electron chi connectivity index (χ0n) is 16.8. The summed E-state index contributed by atoms with van der Waals surface area (Å²) in [5, 5.41) is 11.0. The number of nitrogens with zero attached hydrogens (tertiary/aromatic N) is 3. The fraction of sp³-hybridized carbons (Fsp3) is 0.391. The van der Waals surface area contributed by atoms with Crippen molar-refractivity contribution in [3.05, 3.63) is 58.1 Å². The highest BCUT2D eigenvalue weighted by molar-refractivity contribution is 7.22. The number of fused-ring (bicyclic) bond motifs is 3. The Labute approximate surface area is 184 Å². The SMILES string of the molecule is Cc1cc(CC(=O)O)cc(CN2C3CCC2CN(c2nc4ccc(Cl)cc4s2)C3)c1. The molecule has 156 valence electrons. The molecule has 2 bridgehead atoms. The van der Waals surface area contributed by atoms with Crippen molar-refractivity contribution >= 4 is 44.3 Å². The monoisotopic (exact) mass is 441 g/mol. The van der Waals surface area contributed by atoms with Crippen LogP contribution in [0.2, 0.25) is 5.02 Å². The molecule has 0 saturated carbocycles. The molecule has 7 heteroatoms. The number of rotatable bonds is 5. The zero-order chi connectivity index (χ0) is 20.8. The first-order valence-electron chi connectivity index (χ1n) is 10.3. The lowest BCUT2D eigenvalue weighted by Gasteiger charge is -2.41. The van der Waals surface area contributed by atoms with Crippen molar-refractivity contribution in [2.45, 2.75) is 44.8 Å². The number of anilines is 1. The number of piperazine rings is 1.